The number of benzene rings is 2. The van der Waals surface area contributed by atoms with Gasteiger partial charge in [0.2, 0.25) is 0 Å². The highest BCUT2D eigenvalue weighted by molar-refractivity contribution is 5.40. The molecule has 1 heteroatoms. The average molecular weight is 445 g/mol. The van der Waals surface area contributed by atoms with E-state index in [-0.39, 0.29) is 0 Å². The molecule has 0 bridgehead atoms. The molecule has 0 saturated carbocycles. The van der Waals surface area contributed by atoms with Crippen LogP contribution in [0, 0.1) is 6.92 Å². The van der Waals surface area contributed by atoms with Crippen LogP contribution >= 0.6 is 0 Å². The van der Waals surface area contributed by atoms with Gasteiger partial charge in [-0.15, -0.1) is 0 Å². The fraction of sp³-hybridized carbons (Fsp3) is 0.484. The van der Waals surface area contributed by atoms with Crippen molar-refractivity contribution in [3.63, 3.8) is 0 Å². The van der Waals surface area contributed by atoms with Crippen molar-refractivity contribution in [2.45, 2.75) is 95.9 Å². The quantitative estimate of drug-likeness (QED) is 0.456. The maximum atomic E-state index is 9.50. The zero-order valence-electron chi connectivity index (χ0n) is 23.7. The summed E-state index contributed by atoms with van der Waals surface area (Å²) in [6, 6.07) is 10.8. The average Bonchev–Trinajstić information content (AvgIpc) is 2.85. The molecular weight excluding hydrogens is 391 g/mol. The molecule has 0 aliphatic heterocycles. The van der Waals surface area contributed by atoms with Crippen molar-refractivity contribution in [1.82, 2.24) is 0 Å². The minimum atomic E-state index is 0.500. The molecule has 0 atom stereocenters. The largest absolute Gasteiger partial charge is 0.255 e. The molecule has 2 aromatic rings. The Hall–Kier alpha value is -2.15. The van der Waals surface area contributed by atoms with Gasteiger partial charge in [0.15, 0.2) is 0 Å². The number of aryl methyl sites for hydroxylation is 3. The molecule has 0 heterocycles. The van der Waals surface area contributed by atoms with E-state index in [0.29, 0.717) is 7.18 Å². The molecule has 32 heavy (non-hydrogen) atoms. The third-order valence-corrected chi connectivity index (χ3v) is 4.34. The van der Waals surface area contributed by atoms with E-state index < -0.39 is 0 Å². The van der Waals surface area contributed by atoms with Gasteiger partial charge in [0.05, 0.1) is 7.18 Å². The Morgan fingerprint density at radius 1 is 0.781 bits per heavy atom. The second-order valence-electron chi connectivity index (χ2n) is 6.48. The molecule has 0 N–H and O–H groups in total. The third kappa shape index (κ3) is 14.8. The minimum Gasteiger partial charge on any atom is -0.255 e. The third-order valence-electron chi connectivity index (χ3n) is 4.34. The Labute approximate surface area is 200 Å². The van der Waals surface area contributed by atoms with Crippen LogP contribution in [0.15, 0.2) is 30.3 Å². The number of rotatable bonds is 2. The van der Waals surface area contributed by atoms with E-state index in [1.807, 2.05) is 41.5 Å². The Kier molecular flexibility index (Phi) is 29.2. The van der Waals surface area contributed by atoms with Gasteiger partial charge in [-0.2, -0.15) is 0 Å². The topological polar surface area (TPSA) is 0 Å². The van der Waals surface area contributed by atoms with Crippen molar-refractivity contribution in [2.75, 3.05) is 7.18 Å². The van der Waals surface area contributed by atoms with E-state index in [1.54, 1.807) is 0 Å². The van der Waals surface area contributed by atoms with Gasteiger partial charge in [0, 0.05) is 0 Å². The van der Waals surface area contributed by atoms with Crippen LogP contribution in [-0.2, 0) is 12.8 Å². The van der Waals surface area contributed by atoms with E-state index in [9.17, 15) is 4.39 Å². The zero-order valence-corrected chi connectivity index (χ0v) is 23.7. The summed E-state index contributed by atoms with van der Waals surface area (Å²) in [6.45, 7) is 32.8. The maximum absolute atomic E-state index is 9.50. The lowest BCUT2D eigenvalue weighted by molar-refractivity contribution is 0.636. The van der Waals surface area contributed by atoms with Crippen LogP contribution in [0.25, 0.3) is 24.8 Å². The SMILES string of the molecule is C=c1cc(CC)c(CC)c/c1=C/C.C=c1ccc(C)cc1=C(C)C.CC.CC.CC.CF. The lowest BCUT2D eigenvalue weighted by Gasteiger charge is -2.05. The number of alkyl halides is 1. The van der Waals surface area contributed by atoms with E-state index in [1.165, 1.54) is 32.7 Å². The van der Waals surface area contributed by atoms with Crippen LogP contribution in [0.2, 0.25) is 0 Å². The second kappa shape index (κ2) is 25.1. The van der Waals surface area contributed by atoms with Crippen LogP contribution in [0.1, 0.15) is 92.9 Å². The molecule has 0 nitrogen and oxygen atoms in total. The molecule has 0 aromatic heterocycles. The van der Waals surface area contributed by atoms with E-state index in [4.69, 9.17) is 0 Å². The predicted molar refractivity (Wildman–Crippen MR) is 152 cm³/mol. The maximum Gasteiger partial charge on any atom is 0.0785 e. The predicted octanol–water partition coefficient (Wildman–Crippen LogP) is 7.28. The van der Waals surface area contributed by atoms with Crippen LogP contribution in [0.5, 0.6) is 0 Å². The van der Waals surface area contributed by atoms with Gasteiger partial charge >= 0.3 is 0 Å². The van der Waals surface area contributed by atoms with Crippen LogP contribution < -0.4 is 20.9 Å². The number of halogens is 1. The molecule has 0 unspecified atom stereocenters. The fourth-order valence-corrected chi connectivity index (χ4v) is 2.84. The molecule has 2 rings (SSSR count). The van der Waals surface area contributed by atoms with Gasteiger partial charge in [-0.05, 0) is 72.5 Å². The molecule has 0 aliphatic carbocycles. The summed E-state index contributed by atoms with van der Waals surface area (Å²) in [5.41, 5.74) is 5.54. The molecule has 2 aromatic carbocycles. The van der Waals surface area contributed by atoms with Crippen LogP contribution in [-0.4, -0.2) is 7.18 Å². The first kappa shape index (κ1) is 37.2. The van der Waals surface area contributed by atoms with Crippen LogP contribution in [0.3, 0.4) is 0 Å². The Morgan fingerprint density at radius 2 is 1.22 bits per heavy atom. The Bertz CT molecular complexity index is 901. The van der Waals surface area contributed by atoms with Gasteiger partial charge in [-0.1, -0.05) is 116 Å². The lowest BCUT2D eigenvalue weighted by Crippen LogP contribution is -2.24. The first-order chi connectivity index (χ1) is 15.3. The fourth-order valence-electron chi connectivity index (χ4n) is 2.84. The van der Waals surface area contributed by atoms with Crippen molar-refractivity contribution >= 4 is 24.8 Å². The first-order valence-corrected chi connectivity index (χ1v) is 12.2. The Morgan fingerprint density at radius 3 is 1.56 bits per heavy atom. The molecule has 0 fully saturated rings. The summed E-state index contributed by atoms with van der Waals surface area (Å²) in [5.74, 6) is 0. The Balaban J connectivity index is -0.000000188. The summed E-state index contributed by atoms with van der Waals surface area (Å²) < 4.78 is 9.50. The highest BCUT2D eigenvalue weighted by atomic mass is 19.1. The summed E-state index contributed by atoms with van der Waals surface area (Å²) in [6.07, 6.45) is 4.35. The summed E-state index contributed by atoms with van der Waals surface area (Å²) in [4.78, 5) is 0. The summed E-state index contributed by atoms with van der Waals surface area (Å²) in [5, 5.41) is 4.83. The van der Waals surface area contributed by atoms with E-state index >= 15 is 0 Å². The van der Waals surface area contributed by atoms with Crippen molar-refractivity contribution in [2.24, 2.45) is 0 Å². The molecular formula is C31H53F. The molecule has 0 saturated heterocycles. The van der Waals surface area contributed by atoms with Crippen molar-refractivity contribution in [3.05, 3.63) is 67.9 Å². The van der Waals surface area contributed by atoms with Gasteiger partial charge in [0.1, 0.15) is 0 Å². The lowest BCUT2D eigenvalue weighted by atomic mass is 10.0. The summed E-state index contributed by atoms with van der Waals surface area (Å²) in [7, 11) is 0.500. The van der Waals surface area contributed by atoms with Crippen molar-refractivity contribution in [3.8, 4) is 0 Å². The number of hydrogen-bond acceptors (Lipinski definition) is 0. The van der Waals surface area contributed by atoms with Gasteiger partial charge < -0.3 is 0 Å². The van der Waals surface area contributed by atoms with Gasteiger partial charge in [-0.25, -0.2) is 0 Å². The minimum absolute atomic E-state index is 0.500. The molecule has 0 amide bonds. The highest BCUT2D eigenvalue weighted by Crippen LogP contribution is 2.05. The monoisotopic (exact) mass is 444 g/mol. The van der Waals surface area contributed by atoms with E-state index in [0.717, 1.165) is 23.3 Å². The van der Waals surface area contributed by atoms with Crippen LogP contribution in [0.4, 0.5) is 4.39 Å². The zero-order chi connectivity index (χ0) is 26.3. The smallest absolute Gasteiger partial charge is 0.0785 e. The standard InChI is InChI=1S/C13H18.C11H14.3C2H6.CH3F/c1-5-11-9-13(7-3)12(6-2)8-10(11)4;1-8(2)11-7-9(3)5-6-10(11)4;4*1-2/h5,8-9H,4,6-7H2,1-3H3;5-7H,4H2,1-3H3;3*1-2H3;1H3/b11-5-;;;;;. The van der Waals surface area contributed by atoms with Gasteiger partial charge in [-0.3, -0.25) is 4.39 Å². The molecule has 0 aliphatic rings. The highest BCUT2D eigenvalue weighted by Gasteiger charge is 1.97. The van der Waals surface area contributed by atoms with Gasteiger partial charge in [0.25, 0.3) is 0 Å². The normalized spacial score (nSPS) is 9.00. The first-order valence-electron chi connectivity index (χ1n) is 12.2. The van der Waals surface area contributed by atoms with E-state index in [2.05, 4.69) is 91.1 Å². The molecule has 0 spiro atoms. The number of hydrogen-bond donors (Lipinski definition) is 0. The summed E-state index contributed by atoms with van der Waals surface area (Å²) >= 11 is 0. The van der Waals surface area contributed by atoms with Crippen molar-refractivity contribution < 1.29 is 4.39 Å². The van der Waals surface area contributed by atoms with Crippen molar-refractivity contribution in [1.29, 1.82) is 0 Å². The second-order valence-corrected chi connectivity index (χ2v) is 6.48. The molecule has 184 valence electrons. The molecule has 0 radical (unpaired) electrons.